The van der Waals surface area contributed by atoms with Crippen LogP contribution in [-0.2, 0) is 14.6 Å². The number of hydrogen-bond donors (Lipinski definition) is 3. The number of nitrogens with zero attached hydrogens (tertiary/aromatic N) is 2. The number of rotatable bonds is 7. The van der Waals surface area contributed by atoms with Gasteiger partial charge < -0.3 is 15.7 Å². The van der Waals surface area contributed by atoms with Crippen LogP contribution in [-0.4, -0.2) is 40.9 Å². The van der Waals surface area contributed by atoms with Gasteiger partial charge in [-0.3, -0.25) is 9.59 Å². The molecule has 9 nitrogen and oxygen atoms in total. The van der Waals surface area contributed by atoms with Crippen molar-refractivity contribution in [3.63, 3.8) is 0 Å². The van der Waals surface area contributed by atoms with Crippen molar-refractivity contribution in [3.8, 4) is 11.4 Å². The van der Waals surface area contributed by atoms with Gasteiger partial charge in [-0.15, -0.1) is 0 Å². The third kappa shape index (κ3) is 6.66. The minimum Gasteiger partial charge on any atom is -0.506 e. The maximum atomic E-state index is 12.8. The van der Waals surface area contributed by atoms with Crippen molar-refractivity contribution in [2.24, 2.45) is 0 Å². The molecular formula is C25H18Cl4N4O5S. The molecule has 2 amide bonds. The summed E-state index contributed by atoms with van der Waals surface area (Å²) in [5.41, 5.74) is 1.28. The fourth-order valence-corrected chi connectivity index (χ4v) is 5.37. The van der Waals surface area contributed by atoms with Gasteiger partial charge in [0.15, 0.2) is 9.84 Å². The molecule has 1 aromatic heterocycles. The van der Waals surface area contributed by atoms with E-state index in [2.05, 4.69) is 15.7 Å². The van der Waals surface area contributed by atoms with Gasteiger partial charge in [0.2, 0.25) is 5.91 Å². The third-order valence-electron chi connectivity index (χ3n) is 5.39. The van der Waals surface area contributed by atoms with Crippen LogP contribution in [0, 0.1) is 6.92 Å². The first-order valence-corrected chi connectivity index (χ1v) is 14.1. The molecule has 39 heavy (non-hydrogen) atoms. The summed E-state index contributed by atoms with van der Waals surface area (Å²) < 4.78 is 26.4. The Morgan fingerprint density at radius 3 is 2.26 bits per heavy atom. The Labute approximate surface area is 243 Å². The van der Waals surface area contributed by atoms with E-state index < -0.39 is 33.2 Å². The Morgan fingerprint density at radius 2 is 1.56 bits per heavy atom. The molecule has 0 fully saturated rings. The van der Waals surface area contributed by atoms with Crippen molar-refractivity contribution in [2.45, 2.75) is 11.8 Å². The highest BCUT2D eigenvalue weighted by Gasteiger charge is 2.21. The highest BCUT2D eigenvalue weighted by atomic mass is 35.5. The number of phenols is 1. The summed E-state index contributed by atoms with van der Waals surface area (Å²) in [5.74, 6) is -2.76. The van der Waals surface area contributed by atoms with Crippen molar-refractivity contribution >= 4 is 79.4 Å². The van der Waals surface area contributed by atoms with Crippen LogP contribution in [0.3, 0.4) is 0 Å². The molecule has 0 saturated heterocycles. The first kappa shape index (κ1) is 28.7. The summed E-state index contributed by atoms with van der Waals surface area (Å²) in [6, 6.07) is 11.3. The highest BCUT2D eigenvalue weighted by Crippen LogP contribution is 2.35. The van der Waals surface area contributed by atoms with Crippen molar-refractivity contribution in [1.29, 1.82) is 0 Å². The monoisotopic (exact) mass is 626 g/mol. The Balaban J connectivity index is 1.46. The van der Waals surface area contributed by atoms with Crippen molar-refractivity contribution in [3.05, 3.63) is 92.1 Å². The molecule has 0 aliphatic carbocycles. The lowest BCUT2D eigenvalue weighted by Crippen LogP contribution is -2.23. The molecule has 4 rings (SSSR count). The second-order valence-corrected chi connectivity index (χ2v) is 11.9. The number of carbonyl (C=O) groups is 2. The maximum Gasteiger partial charge on any atom is 0.258 e. The van der Waals surface area contributed by atoms with E-state index in [-0.39, 0.29) is 41.9 Å². The van der Waals surface area contributed by atoms with Crippen LogP contribution in [0.15, 0.2) is 65.8 Å². The molecule has 3 N–H and O–H groups in total. The molecule has 14 heteroatoms. The first-order chi connectivity index (χ1) is 18.3. The van der Waals surface area contributed by atoms with E-state index in [9.17, 15) is 23.1 Å². The van der Waals surface area contributed by atoms with E-state index in [0.29, 0.717) is 5.69 Å². The van der Waals surface area contributed by atoms with Gasteiger partial charge in [0, 0.05) is 12.3 Å². The van der Waals surface area contributed by atoms with Gasteiger partial charge in [0.05, 0.1) is 53.8 Å². The molecule has 3 aromatic carbocycles. The summed E-state index contributed by atoms with van der Waals surface area (Å²) >= 11 is 24.4. The molecule has 0 aliphatic heterocycles. The molecule has 202 valence electrons. The fourth-order valence-electron chi connectivity index (χ4n) is 3.40. The second kappa shape index (κ2) is 11.4. The molecule has 4 aromatic rings. The molecule has 0 bridgehead atoms. The number of halogens is 4. The number of nitrogens with one attached hydrogen (secondary N) is 2. The average molecular weight is 628 g/mol. The molecule has 1 heterocycles. The first-order valence-electron chi connectivity index (χ1n) is 11.0. The number of sulfone groups is 1. The lowest BCUT2D eigenvalue weighted by molar-refractivity contribution is -0.113. The number of aryl methyl sites for hydroxylation is 1. The summed E-state index contributed by atoms with van der Waals surface area (Å²) in [6.07, 6.45) is 2.67. The van der Waals surface area contributed by atoms with Crippen molar-refractivity contribution in [2.75, 3.05) is 16.4 Å². The lowest BCUT2D eigenvalue weighted by atomic mass is 10.2. The molecule has 0 radical (unpaired) electrons. The Morgan fingerprint density at radius 1 is 0.897 bits per heavy atom. The zero-order valence-corrected chi connectivity index (χ0v) is 23.7. The van der Waals surface area contributed by atoms with Crippen LogP contribution < -0.4 is 10.6 Å². The Bertz CT molecular complexity index is 1710. The lowest BCUT2D eigenvalue weighted by Gasteiger charge is -2.12. The van der Waals surface area contributed by atoms with Gasteiger partial charge in [-0.25, -0.2) is 13.1 Å². The van der Waals surface area contributed by atoms with Crippen LogP contribution in [0.25, 0.3) is 5.69 Å². The van der Waals surface area contributed by atoms with Crippen molar-refractivity contribution in [1.82, 2.24) is 9.78 Å². The Hall–Kier alpha value is -3.28. The number of aromatic hydroxyl groups is 1. The normalized spacial score (nSPS) is 11.3. The molecule has 0 aliphatic rings. The number of hydrogen-bond acceptors (Lipinski definition) is 6. The predicted molar refractivity (Wildman–Crippen MR) is 152 cm³/mol. The van der Waals surface area contributed by atoms with Gasteiger partial charge in [-0.1, -0.05) is 64.1 Å². The number of carbonyl (C=O) groups excluding carboxylic acids is 2. The number of aromatic nitrogens is 2. The van der Waals surface area contributed by atoms with Gasteiger partial charge in [-0.05, 0) is 37.3 Å². The van der Waals surface area contributed by atoms with Gasteiger partial charge in [-0.2, -0.15) is 5.10 Å². The SMILES string of the molecule is Cc1ccc(S(=O)(=O)CC(=O)Nc2cc(O)c(NC(=O)c3cnn(-c4cc(Cl)c(Cl)cc4Cl)c3)cc2Cl)cc1. The van der Waals surface area contributed by atoms with Crippen molar-refractivity contribution < 1.29 is 23.1 Å². The molecule has 0 unspecified atom stereocenters. The third-order valence-corrected chi connectivity index (χ3v) is 8.36. The van der Waals surface area contributed by atoms with E-state index in [1.54, 1.807) is 12.1 Å². The van der Waals surface area contributed by atoms with Crippen LogP contribution in [0.5, 0.6) is 5.75 Å². The molecule has 0 atom stereocenters. The zero-order chi connectivity index (χ0) is 28.5. The molecule has 0 spiro atoms. The summed E-state index contributed by atoms with van der Waals surface area (Å²) in [5, 5.41) is 20.1. The Kier molecular flexibility index (Phi) is 8.43. The number of anilines is 2. The van der Waals surface area contributed by atoms with E-state index in [0.717, 1.165) is 11.6 Å². The van der Waals surface area contributed by atoms with Gasteiger partial charge in [0.1, 0.15) is 11.5 Å². The van der Waals surface area contributed by atoms with E-state index in [1.807, 2.05) is 6.92 Å². The fraction of sp³-hybridized carbons (Fsp3) is 0.0800. The maximum absolute atomic E-state index is 12.8. The molecule has 0 saturated carbocycles. The van der Waals surface area contributed by atoms with Crippen LogP contribution in [0.4, 0.5) is 11.4 Å². The second-order valence-electron chi connectivity index (χ2n) is 8.31. The van der Waals surface area contributed by atoms with Crippen LogP contribution >= 0.6 is 46.4 Å². The number of benzene rings is 3. The smallest absolute Gasteiger partial charge is 0.258 e. The van der Waals surface area contributed by atoms with Gasteiger partial charge >= 0.3 is 0 Å². The predicted octanol–water partition coefficient (Wildman–Crippen LogP) is 6.16. The summed E-state index contributed by atoms with van der Waals surface area (Å²) in [6.45, 7) is 1.81. The van der Waals surface area contributed by atoms with E-state index in [4.69, 9.17) is 46.4 Å². The van der Waals surface area contributed by atoms with Gasteiger partial charge in [0.25, 0.3) is 5.91 Å². The minimum atomic E-state index is -3.90. The quantitative estimate of drug-likeness (QED) is 0.166. The van der Waals surface area contributed by atoms with E-state index >= 15 is 0 Å². The standard InChI is InChI=1S/C25H18Cl4N4O5S/c1-13-2-4-15(5-3-13)39(37,38)12-24(35)31-20-9-23(34)21(7-18(20)28)32-25(36)14-10-30-33(11-14)22-8-17(27)16(26)6-19(22)29/h2-11,34H,12H2,1H3,(H,31,35)(H,32,36). The number of amides is 2. The average Bonchev–Trinajstić information content (AvgIpc) is 3.34. The number of phenolic OH excluding ortho intramolecular Hbond substituents is 1. The van der Waals surface area contributed by atoms with E-state index in [1.165, 1.54) is 47.4 Å². The van der Waals surface area contributed by atoms with Crippen LogP contribution in [0.2, 0.25) is 20.1 Å². The molecular weight excluding hydrogens is 610 g/mol. The minimum absolute atomic E-state index is 0.00000761. The topological polar surface area (TPSA) is 130 Å². The largest absolute Gasteiger partial charge is 0.506 e. The zero-order valence-electron chi connectivity index (χ0n) is 19.9. The highest BCUT2D eigenvalue weighted by molar-refractivity contribution is 7.92. The van der Waals surface area contributed by atoms with Crippen LogP contribution in [0.1, 0.15) is 15.9 Å². The summed E-state index contributed by atoms with van der Waals surface area (Å²) in [7, 11) is -3.90. The summed E-state index contributed by atoms with van der Waals surface area (Å²) in [4.78, 5) is 25.2.